The molecule has 0 bridgehead atoms. The number of benzene rings is 1. The van der Waals surface area contributed by atoms with Crippen molar-refractivity contribution in [2.45, 2.75) is 26.9 Å². The molecule has 0 atom stereocenters. The van der Waals surface area contributed by atoms with E-state index < -0.39 is 0 Å². The van der Waals surface area contributed by atoms with Crippen molar-refractivity contribution in [3.8, 4) is 5.75 Å². The number of nitrogens with zero attached hydrogens (tertiary/aromatic N) is 3. The van der Waals surface area contributed by atoms with Crippen LogP contribution in [0, 0.1) is 13.8 Å². The molecule has 2 aromatic rings. The summed E-state index contributed by atoms with van der Waals surface area (Å²) in [5.41, 5.74) is 2.25. The van der Waals surface area contributed by atoms with Gasteiger partial charge in [0.15, 0.2) is 5.96 Å². The van der Waals surface area contributed by atoms with Gasteiger partial charge in [0.1, 0.15) is 17.4 Å². The maximum absolute atomic E-state index is 5.79. The van der Waals surface area contributed by atoms with Gasteiger partial charge in [0.2, 0.25) is 0 Å². The van der Waals surface area contributed by atoms with Crippen LogP contribution in [0.5, 0.6) is 5.75 Å². The van der Waals surface area contributed by atoms with E-state index in [9.17, 15) is 0 Å². The average molecular weight is 503 g/mol. The first kappa shape index (κ1) is 23.6. The van der Waals surface area contributed by atoms with Gasteiger partial charge in [-0.05, 0) is 45.6 Å². The van der Waals surface area contributed by atoms with Gasteiger partial charge in [-0.3, -0.25) is 4.99 Å². The van der Waals surface area contributed by atoms with E-state index in [2.05, 4.69) is 44.6 Å². The summed E-state index contributed by atoms with van der Waals surface area (Å²) >= 11 is 1.72. The number of aliphatic imine (C=N–C) groups is 1. The predicted octanol–water partition coefficient (Wildman–Crippen LogP) is 3.18. The van der Waals surface area contributed by atoms with E-state index in [1.54, 1.807) is 18.4 Å². The maximum atomic E-state index is 5.79. The van der Waals surface area contributed by atoms with Crippen molar-refractivity contribution < 1.29 is 4.74 Å². The van der Waals surface area contributed by atoms with Crippen molar-refractivity contribution in [3.63, 3.8) is 0 Å². The largest absolute Gasteiger partial charge is 0.492 e. The number of guanidine groups is 1. The van der Waals surface area contributed by atoms with E-state index in [0.29, 0.717) is 19.7 Å². The van der Waals surface area contributed by atoms with Crippen molar-refractivity contribution in [1.29, 1.82) is 0 Å². The number of halogens is 1. The van der Waals surface area contributed by atoms with Crippen LogP contribution in [-0.2, 0) is 13.1 Å². The molecule has 0 radical (unpaired) electrons. The first-order valence-electron chi connectivity index (χ1n) is 8.72. The number of likely N-dealkylation sites (N-methyl/N-ethyl adjacent to an activating group) is 1. The molecule has 1 aromatic heterocycles. The van der Waals surface area contributed by atoms with Crippen LogP contribution in [-0.4, -0.2) is 50.1 Å². The van der Waals surface area contributed by atoms with E-state index in [-0.39, 0.29) is 24.0 Å². The average Bonchev–Trinajstić information content (AvgIpc) is 2.93. The minimum atomic E-state index is 0. The number of hydrogen-bond donors (Lipinski definition) is 2. The predicted molar refractivity (Wildman–Crippen MR) is 125 cm³/mol. The standard InChI is InChI=1S/C19H29N5OS.HI/c1-14-15(2)26-18(23-14)13-22-19(20-3)21-12-16-7-6-8-17(11-16)25-10-9-24(4)5;/h6-8,11H,9-10,12-13H2,1-5H3,(H2,20,21,22);1H. The number of thiazole rings is 1. The molecule has 0 aliphatic heterocycles. The summed E-state index contributed by atoms with van der Waals surface area (Å²) < 4.78 is 5.79. The Hall–Kier alpha value is -1.39. The Morgan fingerprint density at radius 2 is 1.96 bits per heavy atom. The summed E-state index contributed by atoms with van der Waals surface area (Å²) in [7, 11) is 5.85. The summed E-state index contributed by atoms with van der Waals surface area (Å²) in [6.07, 6.45) is 0. The highest BCUT2D eigenvalue weighted by molar-refractivity contribution is 14.0. The lowest BCUT2D eigenvalue weighted by atomic mass is 10.2. The van der Waals surface area contributed by atoms with Gasteiger partial charge >= 0.3 is 0 Å². The highest BCUT2D eigenvalue weighted by Gasteiger charge is 2.05. The third-order valence-electron chi connectivity index (χ3n) is 3.87. The van der Waals surface area contributed by atoms with Gasteiger partial charge in [0, 0.05) is 25.0 Å². The SMILES string of the molecule is CN=C(NCc1cccc(OCCN(C)C)c1)NCc1nc(C)c(C)s1.I. The molecule has 2 rings (SSSR count). The fraction of sp³-hybridized carbons (Fsp3) is 0.474. The number of hydrogen-bond acceptors (Lipinski definition) is 5. The van der Waals surface area contributed by atoms with Crippen LogP contribution in [0.25, 0.3) is 0 Å². The van der Waals surface area contributed by atoms with Gasteiger partial charge in [-0.2, -0.15) is 0 Å². The molecule has 2 N–H and O–H groups in total. The van der Waals surface area contributed by atoms with Gasteiger partial charge < -0.3 is 20.3 Å². The Bertz CT molecular complexity index is 713. The number of aryl methyl sites for hydroxylation is 2. The van der Waals surface area contributed by atoms with Crippen molar-refractivity contribution in [2.24, 2.45) is 4.99 Å². The summed E-state index contributed by atoms with van der Waals surface area (Å²) in [6.45, 7) is 7.06. The molecule has 6 nitrogen and oxygen atoms in total. The lowest BCUT2D eigenvalue weighted by molar-refractivity contribution is 0.261. The van der Waals surface area contributed by atoms with Crippen LogP contribution in [0.1, 0.15) is 21.1 Å². The fourth-order valence-corrected chi connectivity index (χ4v) is 3.15. The molecule has 0 amide bonds. The van der Waals surface area contributed by atoms with E-state index in [1.165, 1.54) is 4.88 Å². The van der Waals surface area contributed by atoms with Gasteiger partial charge in [-0.15, -0.1) is 35.3 Å². The minimum Gasteiger partial charge on any atom is -0.492 e. The number of aromatic nitrogens is 1. The normalized spacial score (nSPS) is 11.3. The highest BCUT2D eigenvalue weighted by atomic mass is 127. The second-order valence-corrected chi connectivity index (χ2v) is 7.62. The third kappa shape index (κ3) is 8.44. The molecule has 0 saturated heterocycles. The molecular formula is C19H30IN5OS. The van der Waals surface area contributed by atoms with E-state index in [4.69, 9.17) is 4.74 Å². The number of nitrogens with one attached hydrogen (secondary N) is 2. The fourth-order valence-electron chi connectivity index (χ4n) is 2.27. The second-order valence-electron chi connectivity index (χ2n) is 6.33. The van der Waals surface area contributed by atoms with E-state index >= 15 is 0 Å². The van der Waals surface area contributed by atoms with Gasteiger partial charge in [-0.1, -0.05) is 12.1 Å². The second kappa shape index (κ2) is 12.1. The summed E-state index contributed by atoms with van der Waals surface area (Å²) in [5, 5.41) is 7.71. The molecular weight excluding hydrogens is 473 g/mol. The molecule has 0 spiro atoms. The lowest BCUT2D eigenvalue weighted by Crippen LogP contribution is -2.36. The zero-order valence-corrected chi connectivity index (χ0v) is 19.9. The van der Waals surface area contributed by atoms with Crippen molar-refractivity contribution in [1.82, 2.24) is 20.5 Å². The Kier molecular flexibility index (Phi) is 10.6. The van der Waals surface area contributed by atoms with E-state index in [1.807, 2.05) is 33.2 Å². The topological polar surface area (TPSA) is 61.8 Å². The zero-order valence-electron chi connectivity index (χ0n) is 16.7. The quantitative estimate of drug-likeness (QED) is 0.329. The summed E-state index contributed by atoms with van der Waals surface area (Å²) in [5.74, 6) is 1.65. The first-order valence-corrected chi connectivity index (χ1v) is 9.53. The number of rotatable bonds is 8. The minimum absolute atomic E-state index is 0. The maximum Gasteiger partial charge on any atom is 0.191 e. The Morgan fingerprint density at radius 1 is 1.22 bits per heavy atom. The molecule has 8 heteroatoms. The van der Waals surface area contributed by atoms with Crippen LogP contribution in [0.4, 0.5) is 0 Å². The highest BCUT2D eigenvalue weighted by Crippen LogP contribution is 2.16. The van der Waals surface area contributed by atoms with Gasteiger partial charge in [0.25, 0.3) is 0 Å². The molecule has 0 unspecified atom stereocenters. The first-order chi connectivity index (χ1) is 12.5. The molecule has 0 saturated carbocycles. The Balaban J connectivity index is 0.00000364. The van der Waals surface area contributed by atoms with Crippen LogP contribution in [0.2, 0.25) is 0 Å². The molecule has 150 valence electrons. The van der Waals surface area contributed by atoms with Crippen LogP contribution >= 0.6 is 35.3 Å². The van der Waals surface area contributed by atoms with Crippen LogP contribution in [0.3, 0.4) is 0 Å². The molecule has 0 aliphatic carbocycles. The monoisotopic (exact) mass is 503 g/mol. The zero-order chi connectivity index (χ0) is 18.9. The van der Waals surface area contributed by atoms with Crippen LogP contribution < -0.4 is 15.4 Å². The molecule has 1 aromatic carbocycles. The summed E-state index contributed by atoms with van der Waals surface area (Å²) in [4.78, 5) is 12.2. The smallest absolute Gasteiger partial charge is 0.191 e. The molecule has 0 aliphatic rings. The van der Waals surface area contributed by atoms with Crippen molar-refractivity contribution >= 4 is 41.3 Å². The van der Waals surface area contributed by atoms with Crippen LogP contribution in [0.15, 0.2) is 29.3 Å². The molecule has 0 fully saturated rings. The third-order valence-corrected chi connectivity index (χ3v) is 4.94. The molecule has 1 heterocycles. The van der Waals surface area contributed by atoms with Crippen molar-refractivity contribution in [2.75, 3.05) is 34.3 Å². The Morgan fingerprint density at radius 3 is 2.59 bits per heavy atom. The van der Waals surface area contributed by atoms with Gasteiger partial charge in [0.05, 0.1) is 12.2 Å². The summed E-state index contributed by atoms with van der Waals surface area (Å²) in [6, 6.07) is 8.13. The number of ether oxygens (including phenoxy) is 1. The molecule has 27 heavy (non-hydrogen) atoms. The van der Waals surface area contributed by atoms with Gasteiger partial charge in [-0.25, -0.2) is 4.98 Å². The Labute approximate surface area is 183 Å². The lowest BCUT2D eigenvalue weighted by Gasteiger charge is -2.13. The van der Waals surface area contributed by atoms with E-state index in [0.717, 1.165) is 34.5 Å². The van der Waals surface area contributed by atoms with Crippen molar-refractivity contribution in [3.05, 3.63) is 45.4 Å².